The summed E-state index contributed by atoms with van der Waals surface area (Å²) in [6.07, 6.45) is 0. The predicted octanol–water partition coefficient (Wildman–Crippen LogP) is 2.00. The second-order valence-corrected chi connectivity index (χ2v) is 4.00. The zero-order chi connectivity index (χ0) is 11.8. The average molecular weight is 244 g/mol. The lowest BCUT2D eigenvalue weighted by atomic mass is 10.1. The van der Waals surface area contributed by atoms with Crippen molar-refractivity contribution in [2.24, 2.45) is 0 Å². The largest absolute Gasteiger partial charge is 0.394 e. The smallest absolute Gasteiger partial charge is 0.0698 e. The molecule has 0 bridgehead atoms. The van der Waals surface area contributed by atoms with E-state index in [4.69, 9.17) is 21.4 Å². The Bertz CT molecular complexity index is 290. The molecule has 0 aliphatic heterocycles. The fraction of sp³-hybridized carbons (Fsp3) is 0.500. The van der Waals surface area contributed by atoms with E-state index in [0.29, 0.717) is 13.2 Å². The summed E-state index contributed by atoms with van der Waals surface area (Å²) in [6, 6.07) is 8.06. The maximum atomic E-state index is 8.52. The van der Waals surface area contributed by atoms with Crippen LogP contribution in [0, 0.1) is 0 Å². The summed E-state index contributed by atoms with van der Waals surface area (Å²) in [4.78, 5) is 0. The van der Waals surface area contributed by atoms with Gasteiger partial charge in [-0.2, -0.15) is 0 Å². The van der Waals surface area contributed by atoms with Crippen LogP contribution in [-0.2, 0) is 4.74 Å². The highest BCUT2D eigenvalue weighted by molar-refractivity contribution is 6.30. The molecule has 4 heteroatoms. The molecule has 0 aromatic heterocycles. The monoisotopic (exact) mass is 243 g/mol. The van der Waals surface area contributed by atoms with Gasteiger partial charge in [0.15, 0.2) is 0 Å². The van der Waals surface area contributed by atoms with Crippen molar-refractivity contribution in [3.63, 3.8) is 0 Å². The fourth-order valence-electron chi connectivity index (χ4n) is 1.38. The van der Waals surface area contributed by atoms with E-state index in [2.05, 4.69) is 12.2 Å². The molecule has 0 saturated carbocycles. The zero-order valence-electron chi connectivity index (χ0n) is 9.45. The lowest BCUT2D eigenvalue weighted by molar-refractivity contribution is 0.0928. The summed E-state index contributed by atoms with van der Waals surface area (Å²) in [5, 5.41) is 12.6. The van der Waals surface area contributed by atoms with Crippen LogP contribution in [0.15, 0.2) is 24.3 Å². The van der Waals surface area contributed by atoms with E-state index in [1.807, 2.05) is 24.3 Å². The minimum Gasteiger partial charge on any atom is -0.394 e. The normalized spacial score (nSPS) is 12.7. The lowest BCUT2D eigenvalue weighted by Gasteiger charge is -2.14. The minimum absolute atomic E-state index is 0.0761. The Morgan fingerprint density at radius 1 is 1.31 bits per heavy atom. The third-order valence-electron chi connectivity index (χ3n) is 2.30. The van der Waals surface area contributed by atoms with Crippen molar-refractivity contribution in [2.75, 3.05) is 26.4 Å². The van der Waals surface area contributed by atoms with E-state index < -0.39 is 0 Å². The number of hydrogen-bond acceptors (Lipinski definition) is 3. The Labute approximate surface area is 101 Å². The van der Waals surface area contributed by atoms with Crippen LogP contribution in [0.5, 0.6) is 0 Å². The molecule has 1 aromatic carbocycles. The number of nitrogens with one attached hydrogen (secondary N) is 1. The molecule has 90 valence electrons. The highest BCUT2D eigenvalue weighted by atomic mass is 35.5. The van der Waals surface area contributed by atoms with Gasteiger partial charge < -0.3 is 15.2 Å². The summed E-state index contributed by atoms with van der Waals surface area (Å²) >= 11 is 5.81. The molecule has 0 saturated heterocycles. The molecule has 0 amide bonds. The van der Waals surface area contributed by atoms with Crippen LogP contribution < -0.4 is 5.32 Å². The van der Waals surface area contributed by atoms with Gasteiger partial charge in [-0.25, -0.2) is 0 Å². The predicted molar refractivity (Wildman–Crippen MR) is 65.8 cm³/mol. The average Bonchev–Trinajstić information content (AvgIpc) is 2.29. The van der Waals surface area contributed by atoms with Gasteiger partial charge in [0.2, 0.25) is 0 Å². The van der Waals surface area contributed by atoms with Crippen molar-refractivity contribution in [1.29, 1.82) is 0 Å². The van der Waals surface area contributed by atoms with Crippen LogP contribution >= 0.6 is 11.6 Å². The van der Waals surface area contributed by atoms with Crippen LogP contribution in [0.1, 0.15) is 18.5 Å². The maximum absolute atomic E-state index is 8.52. The van der Waals surface area contributed by atoms with Crippen molar-refractivity contribution < 1.29 is 9.84 Å². The van der Waals surface area contributed by atoms with Crippen LogP contribution in [0.3, 0.4) is 0 Å². The van der Waals surface area contributed by atoms with E-state index in [1.54, 1.807) is 0 Å². The SMILES string of the molecule is C[C@H](NCCOCCO)c1ccc(Cl)cc1. The molecule has 0 fully saturated rings. The number of ether oxygens (including phenoxy) is 1. The molecule has 0 heterocycles. The van der Waals surface area contributed by atoms with Gasteiger partial charge in [0.25, 0.3) is 0 Å². The number of rotatable bonds is 7. The van der Waals surface area contributed by atoms with Crippen LogP contribution in [0.4, 0.5) is 0 Å². The minimum atomic E-state index is 0.0761. The first kappa shape index (κ1) is 13.5. The van der Waals surface area contributed by atoms with Gasteiger partial charge in [-0.1, -0.05) is 23.7 Å². The molecular formula is C12H18ClNO2. The van der Waals surface area contributed by atoms with E-state index in [-0.39, 0.29) is 12.6 Å². The second kappa shape index (κ2) is 7.63. The van der Waals surface area contributed by atoms with Crippen molar-refractivity contribution in [3.8, 4) is 0 Å². The van der Waals surface area contributed by atoms with Crippen molar-refractivity contribution in [2.45, 2.75) is 13.0 Å². The van der Waals surface area contributed by atoms with Crippen LogP contribution in [0.2, 0.25) is 5.02 Å². The molecule has 0 unspecified atom stereocenters. The lowest BCUT2D eigenvalue weighted by Crippen LogP contribution is -2.23. The summed E-state index contributed by atoms with van der Waals surface area (Å²) in [5.74, 6) is 0. The quantitative estimate of drug-likeness (QED) is 0.720. The molecule has 3 nitrogen and oxygen atoms in total. The molecule has 0 aliphatic rings. The molecule has 2 N–H and O–H groups in total. The standard InChI is InChI=1S/C12H18ClNO2/c1-10(14-6-8-16-9-7-15)11-2-4-12(13)5-3-11/h2-5,10,14-15H,6-9H2,1H3/t10-/m0/s1. The van der Waals surface area contributed by atoms with E-state index in [9.17, 15) is 0 Å². The number of benzene rings is 1. The van der Waals surface area contributed by atoms with Gasteiger partial charge in [0, 0.05) is 17.6 Å². The molecule has 0 aliphatic carbocycles. The Kier molecular flexibility index (Phi) is 6.42. The molecule has 0 radical (unpaired) electrons. The van der Waals surface area contributed by atoms with Gasteiger partial charge in [-0.05, 0) is 24.6 Å². The topological polar surface area (TPSA) is 41.5 Å². The van der Waals surface area contributed by atoms with Crippen molar-refractivity contribution in [3.05, 3.63) is 34.9 Å². The third-order valence-corrected chi connectivity index (χ3v) is 2.55. The van der Waals surface area contributed by atoms with E-state index in [1.165, 1.54) is 5.56 Å². The summed E-state index contributed by atoms with van der Waals surface area (Å²) in [6.45, 7) is 3.95. The fourth-order valence-corrected chi connectivity index (χ4v) is 1.51. The molecule has 16 heavy (non-hydrogen) atoms. The number of halogens is 1. The highest BCUT2D eigenvalue weighted by Crippen LogP contribution is 2.15. The van der Waals surface area contributed by atoms with Gasteiger partial charge in [-0.15, -0.1) is 0 Å². The van der Waals surface area contributed by atoms with Crippen molar-refractivity contribution >= 4 is 11.6 Å². The Balaban J connectivity index is 2.24. The molecular weight excluding hydrogens is 226 g/mol. The summed E-state index contributed by atoms with van der Waals surface area (Å²) in [7, 11) is 0. The third kappa shape index (κ3) is 4.94. The Morgan fingerprint density at radius 3 is 2.62 bits per heavy atom. The van der Waals surface area contributed by atoms with Crippen molar-refractivity contribution in [1.82, 2.24) is 5.32 Å². The maximum Gasteiger partial charge on any atom is 0.0698 e. The first-order valence-corrected chi connectivity index (χ1v) is 5.79. The first-order chi connectivity index (χ1) is 7.74. The Morgan fingerprint density at radius 2 is 2.00 bits per heavy atom. The number of hydrogen-bond donors (Lipinski definition) is 2. The van der Waals surface area contributed by atoms with Gasteiger partial charge in [0.1, 0.15) is 0 Å². The molecule has 1 rings (SSSR count). The van der Waals surface area contributed by atoms with E-state index in [0.717, 1.165) is 11.6 Å². The zero-order valence-corrected chi connectivity index (χ0v) is 10.2. The summed E-state index contributed by atoms with van der Waals surface area (Å²) < 4.78 is 5.15. The van der Waals surface area contributed by atoms with Gasteiger partial charge >= 0.3 is 0 Å². The number of aliphatic hydroxyl groups is 1. The van der Waals surface area contributed by atoms with Gasteiger partial charge in [0.05, 0.1) is 19.8 Å². The molecule has 1 aromatic rings. The highest BCUT2D eigenvalue weighted by Gasteiger charge is 2.03. The first-order valence-electron chi connectivity index (χ1n) is 5.41. The van der Waals surface area contributed by atoms with Gasteiger partial charge in [-0.3, -0.25) is 0 Å². The van der Waals surface area contributed by atoms with Crippen LogP contribution in [-0.4, -0.2) is 31.5 Å². The summed E-state index contributed by atoms with van der Waals surface area (Å²) in [5.41, 5.74) is 1.20. The molecule has 1 atom stereocenters. The van der Waals surface area contributed by atoms with E-state index >= 15 is 0 Å². The van der Waals surface area contributed by atoms with Crippen LogP contribution in [0.25, 0.3) is 0 Å². The number of aliphatic hydroxyl groups excluding tert-OH is 1. The Hall–Kier alpha value is -0.610. The second-order valence-electron chi connectivity index (χ2n) is 3.56. The molecule has 0 spiro atoms.